The van der Waals surface area contributed by atoms with E-state index in [9.17, 15) is 9.59 Å². The summed E-state index contributed by atoms with van der Waals surface area (Å²) in [6.07, 6.45) is 3.31. The van der Waals surface area contributed by atoms with E-state index in [4.69, 9.17) is 5.73 Å². The molecule has 0 aromatic heterocycles. The van der Waals surface area contributed by atoms with E-state index < -0.39 is 0 Å². The first-order chi connectivity index (χ1) is 9.43. The number of nitrogens with two attached hydrogens (primary N) is 1. The van der Waals surface area contributed by atoms with Crippen LogP contribution in [-0.2, 0) is 9.59 Å². The van der Waals surface area contributed by atoms with Gasteiger partial charge in [0.05, 0.1) is 12.6 Å². The second-order valence-corrected chi connectivity index (χ2v) is 6.20. The number of hydrogen-bond donors (Lipinski definition) is 2. The van der Waals surface area contributed by atoms with E-state index in [1.807, 2.05) is 13.8 Å². The Labute approximate surface area is 122 Å². The lowest BCUT2D eigenvalue weighted by atomic mass is 9.93. The van der Waals surface area contributed by atoms with Gasteiger partial charge in [-0.05, 0) is 57.7 Å². The molecule has 1 rings (SSSR count). The molecule has 1 fully saturated rings. The average Bonchev–Trinajstić information content (AvgIpc) is 2.38. The SMILES string of the molecule is CC(=O)C(NC(=O)CN1CCC(CCN)CC1)C(C)C. The van der Waals surface area contributed by atoms with Crippen LogP contribution in [0, 0.1) is 11.8 Å². The van der Waals surface area contributed by atoms with Crippen LogP contribution in [0.15, 0.2) is 0 Å². The maximum absolute atomic E-state index is 12.0. The Morgan fingerprint density at radius 1 is 1.30 bits per heavy atom. The van der Waals surface area contributed by atoms with Crippen molar-refractivity contribution in [2.24, 2.45) is 17.6 Å². The minimum atomic E-state index is -0.364. The van der Waals surface area contributed by atoms with Gasteiger partial charge in [0.15, 0.2) is 5.78 Å². The molecular formula is C15H29N3O2. The Morgan fingerprint density at radius 3 is 2.35 bits per heavy atom. The Morgan fingerprint density at radius 2 is 1.90 bits per heavy atom. The lowest BCUT2D eigenvalue weighted by Gasteiger charge is -2.31. The normalized spacial score (nSPS) is 19.1. The van der Waals surface area contributed by atoms with Crippen LogP contribution in [0.3, 0.4) is 0 Å². The Hall–Kier alpha value is -0.940. The summed E-state index contributed by atoms with van der Waals surface area (Å²) in [5.74, 6) is 0.817. The predicted octanol–water partition coefficient (Wildman–Crippen LogP) is 0.777. The van der Waals surface area contributed by atoms with E-state index >= 15 is 0 Å². The summed E-state index contributed by atoms with van der Waals surface area (Å²) in [6.45, 7) is 8.47. The van der Waals surface area contributed by atoms with E-state index in [2.05, 4.69) is 10.2 Å². The molecule has 1 amide bonds. The van der Waals surface area contributed by atoms with Gasteiger partial charge in [0.25, 0.3) is 0 Å². The molecule has 1 atom stereocenters. The van der Waals surface area contributed by atoms with Crippen LogP contribution in [0.1, 0.15) is 40.0 Å². The predicted molar refractivity (Wildman–Crippen MR) is 80.3 cm³/mol. The molecule has 1 saturated heterocycles. The van der Waals surface area contributed by atoms with Crippen LogP contribution in [0.4, 0.5) is 0 Å². The summed E-state index contributed by atoms with van der Waals surface area (Å²) in [4.78, 5) is 25.7. The van der Waals surface area contributed by atoms with Gasteiger partial charge >= 0.3 is 0 Å². The molecule has 0 radical (unpaired) electrons. The van der Waals surface area contributed by atoms with Crippen LogP contribution >= 0.6 is 0 Å². The first kappa shape index (κ1) is 17.1. The molecule has 1 aliphatic heterocycles. The molecule has 5 heteroatoms. The molecule has 1 aliphatic rings. The highest BCUT2D eigenvalue weighted by Crippen LogP contribution is 2.19. The second kappa shape index (κ2) is 8.37. The van der Waals surface area contributed by atoms with Crippen molar-refractivity contribution in [3.63, 3.8) is 0 Å². The minimum Gasteiger partial charge on any atom is -0.345 e. The largest absolute Gasteiger partial charge is 0.345 e. The summed E-state index contributed by atoms with van der Waals surface area (Å²) in [6, 6.07) is -0.364. The van der Waals surface area contributed by atoms with Gasteiger partial charge in [-0.15, -0.1) is 0 Å². The van der Waals surface area contributed by atoms with Crippen LogP contribution in [0.2, 0.25) is 0 Å². The molecule has 0 aliphatic carbocycles. The number of rotatable bonds is 7. The number of ketones is 1. The van der Waals surface area contributed by atoms with Crippen molar-refractivity contribution in [2.75, 3.05) is 26.2 Å². The first-order valence-corrected chi connectivity index (χ1v) is 7.66. The van der Waals surface area contributed by atoms with Gasteiger partial charge in [-0.25, -0.2) is 0 Å². The first-order valence-electron chi connectivity index (χ1n) is 7.66. The van der Waals surface area contributed by atoms with E-state index in [1.165, 1.54) is 6.92 Å². The average molecular weight is 283 g/mol. The zero-order valence-corrected chi connectivity index (χ0v) is 13.0. The topological polar surface area (TPSA) is 75.4 Å². The van der Waals surface area contributed by atoms with Gasteiger partial charge < -0.3 is 11.1 Å². The van der Waals surface area contributed by atoms with Crippen molar-refractivity contribution < 1.29 is 9.59 Å². The zero-order valence-electron chi connectivity index (χ0n) is 13.0. The number of amides is 1. The van der Waals surface area contributed by atoms with Gasteiger partial charge in [0, 0.05) is 0 Å². The summed E-state index contributed by atoms with van der Waals surface area (Å²) < 4.78 is 0. The Bertz CT molecular complexity index is 323. The fourth-order valence-corrected chi connectivity index (χ4v) is 2.83. The van der Waals surface area contributed by atoms with E-state index in [1.54, 1.807) is 0 Å². The molecule has 0 aromatic carbocycles. The lowest BCUT2D eigenvalue weighted by molar-refractivity contribution is -0.128. The second-order valence-electron chi connectivity index (χ2n) is 6.20. The molecule has 0 bridgehead atoms. The lowest BCUT2D eigenvalue weighted by Crippen LogP contribution is -2.48. The maximum Gasteiger partial charge on any atom is 0.234 e. The molecule has 0 aromatic rings. The molecule has 20 heavy (non-hydrogen) atoms. The van der Waals surface area contributed by atoms with Gasteiger partial charge in [-0.1, -0.05) is 13.8 Å². The van der Waals surface area contributed by atoms with E-state index in [0.29, 0.717) is 12.5 Å². The fourth-order valence-electron chi connectivity index (χ4n) is 2.83. The highest BCUT2D eigenvalue weighted by molar-refractivity contribution is 5.88. The van der Waals surface area contributed by atoms with E-state index in [-0.39, 0.29) is 23.7 Å². The van der Waals surface area contributed by atoms with Crippen molar-refractivity contribution >= 4 is 11.7 Å². The van der Waals surface area contributed by atoms with Crippen LogP contribution in [-0.4, -0.2) is 48.8 Å². The fraction of sp³-hybridized carbons (Fsp3) is 0.867. The van der Waals surface area contributed by atoms with Crippen molar-refractivity contribution in [3.8, 4) is 0 Å². The number of nitrogens with one attached hydrogen (secondary N) is 1. The maximum atomic E-state index is 12.0. The number of piperidine rings is 1. The Balaban J connectivity index is 2.34. The molecule has 1 unspecified atom stereocenters. The summed E-state index contributed by atoms with van der Waals surface area (Å²) in [5.41, 5.74) is 5.58. The highest BCUT2D eigenvalue weighted by atomic mass is 16.2. The van der Waals surface area contributed by atoms with Crippen molar-refractivity contribution in [3.05, 3.63) is 0 Å². The summed E-state index contributed by atoms with van der Waals surface area (Å²) in [7, 11) is 0. The standard InChI is InChI=1S/C15H29N3O2/c1-11(2)15(12(3)19)17-14(20)10-18-8-5-13(4-7-16)6-9-18/h11,13,15H,4-10,16H2,1-3H3,(H,17,20). The molecule has 0 spiro atoms. The van der Waals surface area contributed by atoms with Crippen LogP contribution in [0.25, 0.3) is 0 Å². The van der Waals surface area contributed by atoms with Crippen molar-refractivity contribution in [2.45, 2.75) is 46.1 Å². The molecule has 1 heterocycles. The van der Waals surface area contributed by atoms with Gasteiger partial charge in [0.2, 0.25) is 5.91 Å². The third-order valence-electron chi connectivity index (χ3n) is 4.07. The summed E-state index contributed by atoms with van der Waals surface area (Å²) in [5, 5.41) is 2.85. The summed E-state index contributed by atoms with van der Waals surface area (Å²) >= 11 is 0. The number of likely N-dealkylation sites (tertiary alicyclic amines) is 1. The van der Waals surface area contributed by atoms with Crippen molar-refractivity contribution in [1.82, 2.24) is 10.2 Å². The third-order valence-corrected chi connectivity index (χ3v) is 4.07. The number of nitrogens with zero attached hydrogens (tertiary/aromatic N) is 1. The number of Topliss-reactive ketones (excluding diaryl/α,β-unsaturated/α-hetero) is 1. The van der Waals surface area contributed by atoms with Crippen LogP contribution in [0.5, 0.6) is 0 Å². The monoisotopic (exact) mass is 283 g/mol. The van der Waals surface area contributed by atoms with Crippen LogP contribution < -0.4 is 11.1 Å². The van der Waals surface area contributed by atoms with Gasteiger partial charge in [0.1, 0.15) is 0 Å². The number of carbonyl (C=O) groups is 2. The Kier molecular flexibility index (Phi) is 7.16. The molecule has 116 valence electrons. The molecule has 5 nitrogen and oxygen atoms in total. The number of hydrogen-bond acceptors (Lipinski definition) is 4. The van der Waals surface area contributed by atoms with Crippen molar-refractivity contribution in [1.29, 1.82) is 0 Å². The molecule has 0 saturated carbocycles. The highest BCUT2D eigenvalue weighted by Gasteiger charge is 2.24. The minimum absolute atomic E-state index is 0.0232. The smallest absolute Gasteiger partial charge is 0.234 e. The van der Waals surface area contributed by atoms with E-state index in [0.717, 1.165) is 38.9 Å². The molecular weight excluding hydrogens is 254 g/mol. The number of carbonyl (C=O) groups excluding carboxylic acids is 2. The molecule has 3 N–H and O–H groups in total. The zero-order chi connectivity index (χ0) is 15.1. The third kappa shape index (κ3) is 5.59. The quantitative estimate of drug-likeness (QED) is 0.724. The van der Waals surface area contributed by atoms with Gasteiger partial charge in [-0.2, -0.15) is 0 Å². The van der Waals surface area contributed by atoms with Gasteiger partial charge in [-0.3, -0.25) is 14.5 Å².